The van der Waals surface area contributed by atoms with Crippen LogP contribution in [0.5, 0.6) is 5.88 Å². The lowest BCUT2D eigenvalue weighted by Crippen LogP contribution is -2.50. The van der Waals surface area contributed by atoms with Gasteiger partial charge in [-0.05, 0) is 74.6 Å². The summed E-state index contributed by atoms with van der Waals surface area (Å²) in [5.41, 5.74) is 0.426. The van der Waals surface area contributed by atoms with Gasteiger partial charge in [0.1, 0.15) is 10.5 Å². The third-order valence-corrected chi connectivity index (χ3v) is 11.1. The van der Waals surface area contributed by atoms with Crippen molar-refractivity contribution in [3.63, 3.8) is 0 Å². The molecule has 0 saturated carbocycles. The van der Waals surface area contributed by atoms with Gasteiger partial charge in [-0.15, -0.1) is 10.2 Å². The second-order valence-electron chi connectivity index (χ2n) is 13.1. The fourth-order valence-corrected chi connectivity index (χ4v) is 8.18. The van der Waals surface area contributed by atoms with Crippen LogP contribution < -0.4 is 4.74 Å². The molecule has 0 amide bonds. The van der Waals surface area contributed by atoms with Crippen molar-refractivity contribution in [1.82, 2.24) is 28.9 Å². The Bertz CT molecular complexity index is 2020. The van der Waals surface area contributed by atoms with Crippen molar-refractivity contribution >= 4 is 21.6 Å². The van der Waals surface area contributed by atoms with Crippen molar-refractivity contribution in [1.29, 1.82) is 0 Å². The van der Waals surface area contributed by atoms with Gasteiger partial charge in [0, 0.05) is 49.6 Å². The monoisotopic (exact) mass is 688 g/mol. The maximum absolute atomic E-state index is 14.2. The SMILES string of the molecule is Cc1cnc2c(c1)S(=O)(=O)N(Cc1cc([C@@H](c3ccn4c(C(F)(F)F)nnc4c3C)C(C)(C)C(=O)O)cnc1C)CC1(CCOCC1)O2. The molecule has 12 nitrogen and oxygen atoms in total. The number of hydrogen-bond donors (Lipinski definition) is 1. The molecule has 0 radical (unpaired) electrons. The quantitative estimate of drug-likeness (QED) is 0.298. The smallest absolute Gasteiger partial charge is 0.452 e. The Kier molecular flexibility index (Phi) is 8.27. The molecule has 16 heteroatoms. The molecule has 1 fully saturated rings. The van der Waals surface area contributed by atoms with Gasteiger partial charge in [0.15, 0.2) is 5.65 Å². The van der Waals surface area contributed by atoms with Crippen LogP contribution in [0.3, 0.4) is 0 Å². The highest BCUT2D eigenvalue weighted by molar-refractivity contribution is 7.89. The molecule has 1 spiro atoms. The van der Waals surface area contributed by atoms with Gasteiger partial charge >= 0.3 is 12.1 Å². The number of sulfonamides is 1. The lowest BCUT2D eigenvalue weighted by atomic mass is 9.70. The Balaban J connectivity index is 1.47. The summed E-state index contributed by atoms with van der Waals surface area (Å²) in [6.45, 7) is 8.77. The highest BCUT2D eigenvalue weighted by Gasteiger charge is 2.46. The molecule has 0 bridgehead atoms. The first kappa shape index (κ1) is 33.7. The Morgan fingerprint density at radius 2 is 1.79 bits per heavy atom. The minimum Gasteiger partial charge on any atom is -0.481 e. The molecule has 0 unspecified atom stereocenters. The summed E-state index contributed by atoms with van der Waals surface area (Å²) in [4.78, 5) is 21.6. The lowest BCUT2D eigenvalue weighted by Gasteiger charge is -2.38. The number of halogens is 3. The summed E-state index contributed by atoms with van der Waals surface area (Å²) in [6, 6.07) is 4.69. The number of carboxylic acids is 1. The molecule has 2 aliphatic rings. The van der Waals surface area contributed by atoms with Crippen LogP contribution >= 0.6 is 0 Å². The summed E-state index contributed by atoms with van der Waals surface area (Å²) in [7, 11) is -4.13. The molecule has 0 aromatic carbocycles. The first-order valence-electron chi connectivity index (χ1n) is 15.3. The van der Waals surface area contributed by atoms with E-state index in [1.54, 1.807) is 33.0 Å². The Morgan fingerprint density at radius 3 is 2.46 bits per heavy atom. The van der Waals surface area contributed by atoms with E-state index in [0.717, 1.165) is 4.40 Å². The van der Waals surface area contributed by atoms with Crippen LogP contribution in [0, 0.1) is 26.2 Å². The van der Waals surface area contributed by atoms with E-state index in [1.807, 2.05) is 0 Å². The fourth-order valence-electron chi connectivity index (χ4n) is 6.54. The van der Waals surface area contributed by atoms with Crippen molar-refractivity contribution in [3.8, 4) is 5.88 Å². The maximum Gasteiger partial charge on any atom is 0.452 e. The molecule has 6 rings (SSSR count). The zero-order chi connectivity index (χ0) is 34.8. The average molecular weight is 689 g/mol. The minimum atomic E-state index is -4.75. The van der Waals surface area contributed by atoms with E-state index >= 15 is 0 Å². The number of aryl methyl sites for hydroxylation is 3. The molecule has 2 aliphatic heterocycles. The number of carboxylic acid groups (broad SMARTS) is 1. The Labute approximate surface area is 275 Å². The Morgan fingerprint density at radius 1 is 1.08 bits per heavy atom. The van der Waals surface area contributed by atoms with Gasteiger partial charge < -0.3 is 14.6 Å². The van der Waals surface area contributed by atoms with Crippen molar-refractivity contribution < 1.29 is 41.0 Å². The van der Waals surface area contributed by atoms with E-state index in [-0.39, 0.29) is 29.5 Å². The van der Waals surface area contributed by atoms with Crippen molar-refractivity contribution in [2.45, 2.75) is 76.6 Å². The maximum atomic E-state index is 14.2. The third kappa shape index (κ3) is 5.79. The summed E-state index contributed by atoms with van der Waals surface area (Å²) in [5, 5.41) is 17.5. The summed E-state index contributed by atoms with van der Waals surface area (Å²) in [5.74, 6) is -3.24. The third-order valence-electron chi connectivity index (χ3n) is 9.35. The molecule has 48 heavy (non-hydrogen) atoms. The highest BCUT2D eigenvalue weighted by atomic mass is 32.2. The normalized spacial score (nSPS) is 18.7. The van der Waals surface area contributed by atoms with E-state index in [1.165, 1.54) is 42.7 Å². The van der Waals surface area contributed by atoms with Gasteiger partial charge in [-0.1, -0.05) is 6.07 Å². The predicted molar refractivity (Wildman–Crippen MR) is 165 cm³/mol. The van der Waals surface area contributed by atoms with Gasteiger partial charge in [0.2, 0.25) is 21.7 Å². The number of nitrogens with zero attached hydrogens (tertiary/aromatic N) is 6. The number of alkyl halides is 3. The van der Waals surface area contributed by atoms with Gasteiger partial charge in [-0.2, -0.15) is 17.5 Å². The number of pyridine rings is 3. The second kappa shape index (κ2) is 11.8. The van der Waals surface area contributed by atoms with Gasteiger partial charge in [0.25, 0.3) is 0 Å². The molecule has 6 heterocycles. The zero-order valence-corrected chi connectivity index (χ0v) is 27.8. The lowest BCUT2D eigenvalue weighted by molar-refractivity contribution is -0.147. The number of aromatic nitrogens is 5. The number of hydrogen-bond acceptors (Lipinski definition) is 9. The van der Waals surface area contributed by atoms with E-state index in [0.29, 0.717) is 59.6 Å². The van der Waals surface area contributed by atoms with Crippen LogP contribution in [-0.2, 0) is 32.3 Å². The van der Waals surface area contributed by atoms with Gasteiger partial charge in [-0.25, -0.2) is 13.4 Å². The van der Waals surface area contributed by atoms with Gasteiger partial charge in [0.05, 0.1) is 25.2 Å². The zero-order valence-electron chi connectivity index (χ0n) is 27.0. The van der Waals surface area contributed by atoms with Crippen molar-refractivity contribution in [2.75, 3.05) is 19.8 Å². The largest absolute Gasteiger partial charge is 0.481 e. The number of carbonyl (C=O) groups is 1. The highest BCUT2D eigenvalue weighted by Crippen LogP contribution is 2.44. The molecule has 1 N–H and O–H groups in total. The number of ether oxygens (including phenoxy) is 2. The number of fused-ring (bicyclic) bond motifs is 2. The summed E-state index contributed by atoms with van der Waals surface area (Å²) < 4.78 is 83.4. The van der Waals surface area contributed by atoms with Crippen LogP contribution in [0.2, 0.25) is 0 Å². The van der Waals surface area contributed by atoms with E-state index in [4.69, 9.17) is 9.47 Å². The second-order valence-corrected chi connectivity index (χ2v) is 15.0. The molecule has 0 aliphatic carbocycles. The standard InChI is InChI=1S/C32H35F3N6O6S/c1-18-12-24-27(37-14-18)47-31(7-10-46-11-8-31)17-40(48(24,44)45)16-22-13-21(15-36-20(22)3)25(30(4,5)29(42)43)23-6-9-41-26(19(23)2)38-39-28(41)32(33,34)35/h6,9,12-15,25H,7-8,10-11,16-17H2,1-5H3,(H,42,43)/t25-/m0/s1. The summed E-state index contributed by atoms with van der Waals surface area (Å²) in [6.07, 6.45) is 0.396. The number of aliphatic carboxylic acids is 1. The molecule has 1 atom stereocenters. The molecule has 1 saturated heterocycles. The molecular weight excluding hydrogens is 653 g/mol. The van der Waals surface area contributed by atoms with Gasteiger partial charge in [-0.3, -0.25) is 14.2 Å². The van der Waals surface area contributed by atoms with Crippen LogP contribution in [0.25, 0.3) is 5.65 Å². The van der Waals surface area contributed by atoms with Crippen molar-refractivity contribution in [2.24, 2.45) is 5.41 Å². The van der Waals surface area contributed by atoms with E-state index in [9.17, 15) is 31.5 Å². The average Bonchev–Trinajstić information content (AvgIpc) is 3.44. The molecular formula is C32H35F3N6O6S. The molecule has 256 valence electrons. The Hall–Kier alpha value is -4.15. The van der Waals surface area contributed by atoms with Crippen molar-refractivity contribution in [3.05, 3.63) is 76.1 Å². The van der Waals surface area contributed by atoms with E-state index in [2.05, 4.69) is 20.2 Å². The van der Waals surface area contributed by atoms with Crippen LogP contribution in [-0.4, -0.2) is 73.7 Å². The van der Waals surface area contributed by atoms with E-state index < -0.39 is 44.9 Å². The molecule has 4 aromatic rings. The minimum absolute atomic E-state index is 0.0199. The predicted octanol–water partition coefficient (Wildman–Crippen LogP) is 4.84. The van der Waals surface area contributed by atoms with Crippen LogP contribution in [0.4, 0.5) is 13.2 Å². The molecule has 4 aromatic heterocycles. The van der Waals surface area contributed by atoms with Crippen LogP contribution in [0.15, 0.2) is 41.7 Å². The summed E-state index contributed by atoms with van der Waals surface area (Å²) >= 11 is 0. The number of rotatable bonds is 6. The first-order valence-corrected chi connectivity index (χ1v) is 16.7. The van der Waals surface area contributed by atoms with Crippen LogP contribution in [0.1, 0.15) is 71.9 Å². The topological polar surface area (TPSA) is 149 Å². The fraction of sp³-hybridized carbons (Fsp3) is 0.469. The first-order chi connectivity index (χ1) is 22.4.